The molecule has 1 aliphatic carbocycles. The van der Waals surface area contributed by atoms with E-state index in [-0.39, 0.29) is 18.4 Å². The number of hydrogen-bond acceptors (Lipinski definition) is 3. The zero-order valence-electron chi connectivity index (χ0n) is 11.2. The van der Waals surface area contributed by atoms with Crippen LogP contribution in [0.15, 0.2) is 0 Å². The van der Waals surface area contributed by atoms with Gasteiger partial charge in [0.1, 0.15) is 0 Å². The minimum Gasteiger partial charge on any atom is -0.336 e. The van der Waals surface area contributed by atoms with Crippen LogP contribution in [0.5, 0.6) is 0 Å². The summed E-state index contributed by atoms with van der Waals surface area (Å²) in [5.74, 6) is 0.147. The Kier molecular flexibility index (Phi) is 4.60. The summed E-state index contributed by atoms with van der Waals surface area (Å²) in [6.07, 6.45) is 7.31. The monoisotopic (exact) mass is 249 g/mol. The number of hydrogen-bond donors (Lipinski definition) is 1. The van der Waals surface area contributed by atoms with Gasteiger partial charge in [0.25, 0.3) is 0 Å². The lowest BCUT2D eigenvalue weighted by molar-refractivity contribution is -0.137. The van der Waals surface area contributed by atoms with Crippen LogP contribution in [0.4, 0.5) is 0 Å². The topological polar surface area (TPSA) is 56.1 Å². The molecular formula is C14H23N3O. The number of nitrogens with zero attached hydrogens (tertiary/aromatic N) is 2. The first-order chi connectivity index (χ1) is 8.74. The molecule has 0 radical (unpaired) electrons. The predicted octanol–water partition coefficient (Wildman–Crippen LogP) is 1.81. The van der Waals surface area contributed by atoms with Crippen molar-refractivity contribution in [3.8, 4) is 6.07 Å². The van der Waals surface area contributed by atoms with Crippen molar-refractivity contribution in [3.05, 3.63) is 0 Å². The lowest BCUT2D eigenvalue weighted by Crippen LogP contribution is -2.51. The molecule has 1 saturated carbocycles. The van der Waals surface area contributed by atoms with Crippen LogP contribution in [0.3, 0.4) is 0 Å². The van der Waals surface area contributed by atoms with Gasteiger partial charge in [-0.15, -0.1) is 0 Å². The van der Waals surface area contributed by atoms with Crippen LogP contribution in [-0.2, 0) is 4.79 Å². The van der Waals surface area contributed by atoms with E-state index in [1.165, 1.54) is 19.3 Å². The molecule has 0 aromatic carbocycles. The predicted molar refractivity (Wildman–Crippen MR) is 69.8 cm³/mol. The van der Waals surface area contributed by atoms with Gasteiger partial charge in [-0.3, -0.25) is 4.79 Å². The van der Waals surface area contributed by atoms with Gasteiger partial charge in [-0.25, -0.2) is 0 Å². The molecule has 4 nitrogen and oxygen atoms in total. The van der Waals surface area contributed by atoms with E-state index in [1.54, 1.807) is 0 Å². The fraction of sp³-hybridized carbons (Fsp3) is 0.857. The SMILES string of the molecule is CC1CCNC(CC#N)C(=O)N1C1CCCCC1. The van der Waals surface area contributed by atoms with Crippen LogP contribution in [0.2, 0.25) is 0 Å². The maximum atomic E-state index is 12.6. The van der Waals surface area contributed by atoms with E-state index >= 15 is 0 Å². The van der Waals surface area contributed by atoms with Crippen LogP contribution in [0.25, 0.3) is 0 Å². The molecule has 1 saturated heterocycles. The highest BCUT2D eigenvalue weighted by Crippen LogP contribution is 2.26. The van der Waals surface area contributed by atoms with E-state index in [0.717, 1.165) is 25.8 Å². The Bertz CT molecular complexity index is 330. The molecule has 2 unspecified atom stereocenters. The normalized spacial score (nSPS) is 30.9. The average Bonchev–Trinajstić information content (AvgIpc) is 2.51. The van der Waals surface area contributed by atoms with Crippen LogP contribution >= 0.6 is 0 Å². The summed E-state index contributed by atoms with van der Waals surface area (Å²) >= 11 is 0. The highest BCUT2D eigenvalue weighted by Gasteiger charge is 2.35. The number of amides is 1. The largest absolute Gasteiger partial charge is 0.336 e. The second-order valence-electron chi connectivity index (χ2n) is 5.54. The van der Waals surface area contributed by atoms with E-state index in [0.29, 0.717) is 12.1 Å². The minimum atomic E-state index is -0.290. The summed E-state index contributed by atoms with van der Waals surface area (Å²) in [6, 6.07) is 2.54. The Morgan fingerprint density at radius 1 is 1.33 bits per heavy atom. The molecule has 0 bridgehead atoms. The van der Waals surface area contributed by atoms with E-state index in [2.05, 4.69) is 23.2 Å². The van der Waals surface area contributed by atoms with Gasteiger partial charge < -0.3 is 10.2 Å². The highest BCUT2D eigenvalue weighted by atomic mass is 16.2. The summed E-state index contributed by atoms with van der Waals surface area (Å²) < 4.78 is 0. The van der Waals surface area contributed by atoms with Crippen LogP contribution in [-0.4, -0.2) is 35.5 Å². The quantitative estimate of drug-likeness (QED) is 0.812. The number of carbonyl (C=O) groups excluding carboxylic acids is 1. The summed E-state index contributed by atoms with van der Waals surface area (Å²) in [7, 11) is 0. The Labute approximate surface area is 109 Å². The van der Waals surface area contributed by atoms with Crippen LogP contribution in [0, 0.1) is 11.3 Å². The van der Waals surface area contributed by atoms with E-state index < -0.39 is 0 Å². The Hall–Kier alpha value is -1.08. The summed E-state index contributed by atoms with van der Waals surface area (Å²) in [5.41, 5.74) is 0. The third-order valence-corrected chi connectivity index (χ3v) is 4.24. The molecule has 2 fully saturated rings. The first-order valence-electron chi connectivity index (χ1n) is 7.16. The van der Waals surface area contributed by atoms with Gasteiger partial charge in [0.2, 0.25) is 5.91 Å². The summed E-state index contributed by atoms with van der Waals surface area (Å²) in [4.78, 5) is 14.6. The molecular weight excluding hydrogens is 226 g/mol. The fourth-order valence-corrected chi connectivity index (χ4v) is 3.24. The molecule has 2 rings (SSSR count). The lowest BCUT2D eigenvalue weighted by Gasteiger charge is -2.38. The molecule has 1 aliphatic heterocycles. The van der Waals surface area contributed by atoms with Gasteiger partial charge in [-0.2, -0.15) is 5.26 Å². The van der Waals surface area contributed by atoms with Gasteiger partial charge in [-0.05, 0) is 32.7 Å². The molecule has 18 heavy (non-hydrogen) atoms. The zero-order chi connectivity index (χ0) is 13.0. The molecule has 2 atom stereocenters. The third-order valence-electron chi connectivity index (χ3n) is 4.24. The van der Waals surface area contributed by atoms with E-state index in [4.69, 9.17) is 5.26 Å². The van der Waals surface area contributed by atoms with Crippen molar-refractivity contribution in [2.24, 2.45) is 0 Å². The van der Waals surface area contributed by atoms with Gasteiger partial charge in [0.05, 0.1) is 18.5 Å². The lowest BCUT2D eigenvalue weighted by atomic mass is 9.92. The molecule has 0 aromatic rings. The highest BCUT2D eigenvalue weighted by molar-refractivity contribution is 5.83. The summed E-state index contributed by atoms with van der Waals surface area (Å²) in [6.45, 7) is 2.98. The number of carbonyl (C=O) groups is 1. The molecule has 100 valence electrons. The first-order valence-corrected chi connectivity index (χ1v) is 7.16. The second kappa shape index (κ2) is 6.19. The van der Waals surface area contributed by atoms with Gasteiger partial charge >= 0.3 is 0 Å². The van der Waals surface area contributed by atoms with Gasteiger partial charge in [0.15, 0.2) is 0 Å². The number of rotatable bonds is 2. The number of nitriles is 1. The molecule has 2 aliphatic rings. The maximum absolute atomic E-state index is 12.6. The minimum absolute atomic E-state index is 0.147. The fourth-order valence-electron chi connectivity index (χ4n) is 3.24. The van der Waals surface area contributed by atoms with Crippen LogP contribution < -0.4 is 5.32 Å². The maximum Gasteiger partial charge on any atom is 0.241 e. The van der Waals surface area contributed by atoms with E-state index in [9.17, 15) is 4.79 Å². The molecule has 1 heterocycles. The van der Waals surface area contributed by atoms with Crippen molar-refractivity contribution in [1.82, 2.24) is 10.2 Å². The zero-order valence-corrected chi connectivity index (χ0v) is 11.2. The number of nitrogens with one attached hydrogen (secondary N) is 1. The smallest absolute Gasteiger partial charge is 0.241 e. The van der Waals surface area contributed by atoms with Crippen LogP contribution in [0.1, 0.15) is 51.9 Å². The standard InChI is InChI=1S/C14H23N3O/c1-11-8-10-16-13(7-9-15)14(18)17(11)12-5-3-2-4-6-12/h11-13,16H,2-8,10H2,1H3. The molecule has 4 heteroatoms. The van der Waals surface area contributed by atoms with Crippen molar-refractivity contribution in [2.75, 3.05) is 6.54 Å². The first kappa shape index (κ1) is 13.4. The Balaban J connectivity index is 2.12. The molecule has 0 spiro atoms. The second-order valence-corrected chi connectivity index (χ2v) is 5.54. The molecule has 1 N–H and O–H groups in total. The molecule has 0 aromatic heterocycles. The molecule has 1 amide bonds. The van der Waals surface area contributed by atoms with Crippen molar-refractivity contribution in [2.45, 2.75) is 70.0 Å². The Morgan fingerprint density at radius 3 is 2.72 bits per heavy atom. The third kappa shape index (κ3) is 2.84. The van der Waals surface area contributed by atoms with Gasteiger partial charge in [0, 0.05) is 12.1 Å². The van der Waals surface area contributed by atoms with Crippen molar-refractivity contribution < 1.29 is 4.79 Å². The van der Waals surface area contributed by atoms with Gasteiger partial charge in [-0.1, -0.05) is 19.3 Å². The Morgan fingerprint density at radius 2 is 2.06 bits per heavy atom. The van der Waals surface area contributed by atoms with Crippen molar-refractivity contribution in [1.29, 1.82) is 5.26 Å². The summed E-state index contributed by atoms with van der Waals surface area (Å²) in [5, 5.41) is 12.0. The van der Waals surface area contributed by atoms with Crippen molar-refractivity contribution in [3.63, 3.8) is 0 Å². The van der Waals surface area contributed by atoms with Crippen molar-refractivity contribution >= 4 is 5.91 Å². The average molecular weight is 249 g/mol. The van der Waals surface area contributed by atoms with E-state index in [1.807, 2.05) is 0 Å².